The molecule has 19 heavy (non-hydrogen) atoms. The molecular weight excluding hydrogens is 300 g/mol. The summed E-state index contributed by atoms with van der Waals surface area (Å²) in [5.41, 5.74) is -0.398. The molecule has 0 saturated heterocycles. The van der Waals surface area contributed by atoms with Crippen LogP contribution in [-0.4, -0.2) is 5.11 Å². The Morgan fingerprint density at radius 2 is 1.47 bits per heavy atom. The maximum Gasteiger partial charge on any atom is 0.194 e. The van der Waals surface area contributed by atoms with Gasteiger partial charge in [0.15, 0.2) is 17.5 Å². The molecule has 0 aliphatic carbocycles. The molecular formula is C13H7Cl2F3O. The standard InChI is InChI=1S/C13H7Cl2F3O/c14-7-2-1-3-8(15)10(7)13(19)6-4-5-9(16)12(18)11(6)17/h1-5,13,19H. The van der Waals surface area contributed by atoms with E-state index in [1.54, 1.807) is 6.07 Å². The Bertz CT molecular complexity index is 611. The van der Waals surface area contributed by atoms with Gasteiger partial charge in [0.1, 0.15) is 6.10 Å². The second-order valence-electron chi connectivity index (χ2n) is 3.80. The van der Waals surface area contributed by atoms with Crippen LogP contribution in [0.15, 0.2) is 30.3 Å². The van der Waals surface area contributed by atoms with Crippen LogP contribution in [0.4, 0.5) is 13.2 Å². The summed E-state index contributed by atoms with van der Waals surface area (Å²) in [6, 6.07) is 6.11. The molecule has 0 fully saturated rings. The van der Waals surface area contributed by atoms with E-state index in [2.05, 4.69) is 0 Å². The molecule has 0 aromatic heterocycles. The number of aliphatic hydroxyl groups is 1. The second-order valence-corrected chi connectivity index (χ2v) is 4.62. The van der Waals surface area contributed by atoms with Crippen LogP contribution < -0.4 is 0 Å². The van der Waals surface area contributed by atoms with Gasteiger partial charge in [-0.05, 0) is 18.2 Å². The minimum absolute atomic E-state index is 0.0377. The average molecular weight is 307 g/mol. The van der Waals surface area contributed by atoms with Crippen molar-refractivity contribution in [2.45, 2.75) is 6.10 Å². The fourth-order valence-electron chi connectivity index (χ4n) is 1.68. The van der Waals surface area contributed by atoms with Crippen molar-refractivity contribution in [3.8, 4) is 0 Å². The Balaban J connectivity index is 2.57. The normalized spacial score (nSPS) is 12.5. The SMILES string of the molecule is OC(c1ccc(F)c(F)c1F)c1c(Cl)cccc1Cl. The van der Waals surface area contributed by atoms with Crippen LogP contribution in [0.1, 0.15) is 17.2 Å². The van der Waals surface area contributed by atoms with E-state index >= 15 is 0 Å². The van der Waals surface area contributed by atoms with E-state index in [-0.39, 0.29) is 15.6 Å². The molecule has 0 saturated carbocycles. The third-order valence-corrected chi connectivity index (χ3v) is 3.29. The van der Waals surface area contributed by atoms with E-state index in [0.29, 0.717) is 0 Å². The summed E-state index contributed by atoms with van der Waals surface area (Å²) >= 11 is 11.7. The summed E-state index contributed by atoms with van der Waals surface area (Å²) in [6.07, 6.45) is -1.59. The zero-order valence-corrected chi connectivity index (χ0v) is 10.8. The zero-order chi connectivity index (χ0) is 14.2. The predicted molar refractivity (Wildman–Crippen MR) is 66.8 cm³/mol. The molecule has 6 heteroatoms. The van der Waals surface area contributed by atoms with Gasteiger partial charge in [-0.1, -0.05) is 35.3 Å². The highest BCUT2D eigenvalue weighted by Crippen LogP contribution is 2.35. The van der Waals surface area contributed by atoms with Gasteiger partial charge in [-0.2, -0.15) is 0 Å². The molecule has 2 aromatic rings. The molecule has 0 amide bonds. The van der Waals surface area contributed by atoms with Crippen LogP contribution in [0.3, 0.4) is 0 Å². The molecule has 1 nitrogen and oxygen atoms in total. The number of benzene rings is 2. The maximum atomic E-state index is 13.6. The Labute approximate surface area is 117 Å². The van der Waals surface area contributed by atoms with E-state index in [4.69, 9.17) is 23.2 Å². The van der Waals surface area contributed by atoms with Crippen LogP contribution in [0.2, 0.25) is 10.0 Å². The summed E-state index contributed by atoms with van der Waals surface area (Å²) in [5.74, 6) is -4.46. The molecule has 2 aromatic carbocycles. The summed E-state index contributed by atoms with van der Waals surface area (Å²) in [6.45, 7) is 0. The van der Waals surface area contributed by atoms with Gasteiger partial charge >= 0.3 is 0 Å². The van der Waals surface area contributed by atoms with Gasteiger partial charge in [0.05, 0.1) is 0 Å². The van der Waals surface area contributed by atoms with E-state index in [1.807, 2.05) is 0 Å². The van der Waals surface area contributed by atoms with Gasteiger partial charge in [-0.15, -0.1) is 0 Å². The number of aliphatic hydroxyl groups excluding tert-OH is 1. The lowest BCUT2D eigenvalue weighted by atomic mass is 10.0. The van der Waals surface area contributed by atoms with Crippen molar-refractivity contribution < 1.29 is 18.3 Å². The van der Waals surface area contributed by atoms with Gasteiger partial charge in [0.25, 0.3) is 0 Å². The number of halogens is 5. The molecule has 0 spiro atoms. The molecule has 0 aliphatic rings. The minimum atomic E-state index is -1.65. The number of rotatable bonds is 2. The largest absolute Gasteiger partial charge is 0.383 e. The monoisotopic (exact) mass is 306 g/mol. The first-order chi connectivity index (χ1) is 8.93. The van der Waals surface area contributed by atoms with Crippen LogP contribution in [-0.2, 0) is 0 Å². The summed E-state index contributed by atoms with van der Waals surface area (Å²) < 4.78 is 39.6. The number of hydrogen-bond acceptors (Lipinski definition) is 1. The molecule has 100 valence electrons. The van der Waals surface area contributed by atoms with Gasteiger partial charge in [0, 0.05) is 21.2 Å². The third-order valence-electron chi connectivity index (χ3n) is 2.63. The molecule has 0 radical (unpaired) electrons. The van der Waals surface area contributed by atoms with Crippen LogP contribution in [0, 0.1) is 17.5 Å². The Kier molecular flexibility index (Phi) is 4.04. The summed E-state index contributed by atoms with van der Waals surface area (Å²) in [5, 5.41) is 10.3. The third kappa shape index (κ3) is 2.56. The van der Waals surface area contributed by atoms with Crippen molar-refractivity contribution in [2.24, 2.45) is 0 Å². The highest BCUT2D eigenvalue weighted by Gasteiger charge is 2.23. The fraction of sp³-hybridized carbons (Fsp3) is 0.0769. The molecule has 2 rings (SSSR count). The van der Waals surface area contributed by atoms with Crippen LogP contribution in [0.5, 0.6) is 0 Å². The maximum absolute atomic E-state index is 13.6. The van der Waals surface area contributed by atoms with Gasteiger partial charge < -0.3 is 5.11 Å². The molecule has 0 heterocycles. The lowest BCUT2D eigenvalue weighted by Crippen LogP contribution is -2.07. The predicted octanol–water partition coefficient (Wildman–Crippen LogP) is 4.49. The minimum Gasteiger partial charge on any atom is -0.383 e. The lowest BCUT2D eigenvalue weighted by Gasteiger charge is -2.15. The molecule has 1 N–H and O–H groups in total. The first kappa shape index (κ1) is 14.2. The van der Waals surface area contributed by atoms with Crippen LogP contribution >= 0.6 is 23.2 Å². The van der Waals surface area contributed by atoms with E-state index in [0.717, 1.165) is 12.1 Å². The summed E-state index contributed by atoms with van der Waals surface area (Å²) in [4.78, 5) is 0. The quantitative estimate of drug-likeness (QED) is 0.810. The molecule has 1 unspecified atom stereocenters. The number of hydrogen-bond donors (Lipinski definition) is 1. The van der Waals surface area contributed by atoms with Crippen molar-refractivity contribution in [1.82, 2.24) is 0 Å². The highest BCUT2D eigenvalue weighted by atomic mass is 35.5. The zero-order valence-electron chi connectivity index (χ0n) is 9.30. The average Bonchev–Trinajstić information content (AvgIpc) is 2.35. The summed E-state index contributed by atoms with van der Waals surface area (Å²) in [7, 11) is 0. The lowest BCUT2D eigenvalue weighted by molar-refractivity contribution is 0.213. The van der Waals surface area contributed by atoms with Crippen molar-refractivity contribution in [2.75, 3.05) is 0 Å². The first-order valence-electron chi connectivity index (χ1n) is 5.19. The highest BCUT2D eigenvalue weighted by molar-refractivity contribution is 6.36. The topological polar surface area (TPSA) is 20.2 Å². The smallest absolute Gasteiger partial charge is 0.194 e. The van der Waals surface area contributed by atoms with Gasteiger partial charge in [-0.25, -0.2) is 13.2 Å². The van der Waals surface area contributed by atoms with E-state index in [1.165, 1.54) is 12.1 Å². The van der Waals surface area contributed by atoms with Crippen LogP contribution in [0.25, 0.3) is 0 Å². The first-order valence-corrected chi connectivity index (χ1v) is 5.94. The van der Waals surface area contributed by atoms with Gasteiger partial charge in [-0.3, -0.25) is 0 Å². The molecule has 1 atom stereocenters. The second kappa shape index (κ2) is 5.41. The fourth-order valence-corrected chi connectivity index (χ4v) is 2.28. The van der Waals surface area contributed by atoms with Crippen molar-refractivity contribution in [3.63, 3.8) is 0 Å². The van der Waals surface area contributed by atoms with Crippen molar-refractivity contribution in [1.29, 1.82) is 0 Å². The van der Waals surface area contributed by atoms with E-state index in [9.17, 15) is 18.3 Å². The molecule has 0 aliphatic heterocycles. The Morgan fingerprint density at radius 1 is 0.895 bits per heavy atom. The Morgan fingerprint density at radius 3 is 2.05 bits per heavy atom. The van der Waals surface area contributed by atoms with Crippen molar-refractivity contribution >= 4 is 23.2 Å². The van der Waals surface area contributed by atoms with Crippen molar-refractivity contribution in [3.05, 3.63) is 69.0 Å². The van der Waals surface area contributed by atoms with Gasteiger partial charge in [0.2, 0.25) is 0 Å². The Hall–Kier alpha value is -1.23. The molecule has 0 bridgehead atoms. The van der Waals surface area contributed by atoms with E-state index < -0.39 is 29.1 Å².